The standard InChI is InChI=1S/C36H40FN3O5S/c1-6-33(35(42)38-36(3,4)5)39(24-27-14-16-28(37)17-15-27)34(41)25-40(46(43,44)32-22-12-26(2)13-23-32)29-18-20-31(21-19-29)45-30-10-8-7-9-11-30/h7-23,33H,6,24-25H2,1-5H3,(H,38,42)/t33-/m1/s1. The number of benzene rings is 4. The lowest BCUT2D eigenvalue weighted by molar-refractivity contribution is -0.141. The molecule has 0 bridgehead atoms. The average Bonchev–Trinajstić information content (AvgIpc) is 3.01. The van der Waals surface area contributed by atoms with Crippen LogP contribution < -0.4 is 14.4 Å². The summed E-state index contributed by atoms with van der Waals surface area (Å²) in [5.41, 5.74) is 1.14. The van der Waals surface area contributed by atoms with Crippen LogP contribution >= 0.6 is 0 Å². The first-order valence-corrected chi connectivity index (χ1v) is 16.5. The van der Waals surface area contributed by atoms with E-state index in [4.69, 9.17) is 4.74 Å². The van der Waals surface area contributed by atoms with E-state index in [0.29, 0.717) is 17.1 Å². The zero-order chi connectivity index (χ0) is 33.5. The van der Waals surface area contributed by atoms with Gasteiger partial charge in [0.05, 0.1) is 10.6 Å². The van der Waals surface area contributed by atoms with Crippen molar-refractivity contribution >= 4 is 27.5 Å². The molecule has 10 heteroatoms. The number of anilines is 1. The van der Waals surface area contributed by atoms with Gasteiger partial charge in [0.1, 0.15) is 29.9 Å². The summed E-state index contributed by atoms with van der Waals surface area (Å²) in [7, 11) is -4.24. The van der Waals surface area contributed by atoms with Crippen LogP contribution in [0.25, 0.3) is 0 Å². The molecule has 4 aromatic carbocycles. The highest BCUT2D eigenvalue weighted by atomic mass is 32.2. The summed E-state index contributed by atoms with van der Waals surface area (Å²) >= 11 is 0. The first-order chi connectivity index (χ1) is 21.8. The molecule has 0 spiro atoms. The minimum Gasteiger partial charge on any atom is -0.457 e. The van der Waals surface area contributed by atoms with Crippen LogP contribution in [0.4, 0.5) is 10.1 Å². The molecule has 0 radical (unpaired) electrons. The van der Waals surface area contributed by atoms with Gasteiger partial charge in [0.2, 0.25) is 11.8 Å². The van der Waals surface area contributed by atoms with E-state index in [1.54, 1.807) is 55.5 Å². The zero-order valence-electron chi connectivity index (χ0n) is 26.7. The van der Waals surface area contributed by atoms with Crippen molar-refractivity contribution in [3.63, 3.8) is 0 Å². The van der Waals surface area contributed by atoms with Crippen molar-refractivity contribution in [1.82, 2.24) is 10.2 Å². The fourth-order valence-electron chi connectivity index (χ4n) is 4.83. The number of para-hydroxylation sites is 1. The van der Waals surface area contributed by atoms with E-state index >= 15 is 0 Å². The van der Waals surface area contributed by atoms with E-state index in [2.05, 4.69) is 5.32 Å². The third-order valence-electron chi connectivity index (χ3n) is 7.14. The van der Waals surface area contributed by atoms with Gasteiger partial charge < -0.3 is 15.0 Å². The molecule has 0 aliphatic heterocycles. The van der Waals surface area contributed by atoms with Crippen LogP contribution in [-0.2, 0) is 26.2 Å². The molecule has 0 aromatic heterocycles. The number of carbonyl (C=O) groups excluding carboxylic acids is 2. The highest BCUT2D eigenvalue weighted by molar-refractivity contribution is 7.92. The smallest absolute Gasteiger partial charge is 0.264 e. The van der Waals surface area contributed by atoms with Crippen LogP contribution in [0.1, 0.15) is 45.2 Å². The number of halogens is 1. The van der Waals surface area contributed by atoms with Gasteiger partial charge in [-0.3, -0.25) is 13.9 Å². The van der Waals surface area contributed by atoms with E-state index in [0.717, 1.165) is 9.87 Å². The van der Waals surface area contributed by atoms with Crippen LogP contribution in [-0.4, -0.2) is 43.3 Å². The maximum atomic E-state index is 14.2. The van der Waals surface area contributed by atoms with Crippen molar-refractivity contribution in [3.8, 4) is 11.5 Å². The number of nitrogens with zero attached hydrogens (tertiary/aromatic N) is 2. The third-order valence-corrected chi connectivity index (χ3v) is 8.93. The number of carbonyl (C=O) groups is 2. The first-order valence-electron chi connectivity index (χ1n) is 15.0. The summed E-state index contributed by atoms with van der Waals surface area (Å²) in [6, 6.07) is 26.7. The Balaban J connectivity index is 1.73. The number of rotatable bonds is 12. The van der Waals surface area contributed by atoms with Crippen LogP contribution in [0.3, 0.4) is 0 Å². The van der Waals surface area contributed by atoms with Gasteiger partial charge in [-0.1, -0.05) is 55.0 Å². The normalized spacial score (nSPS) is 12.2. The van der Waals surface area contributed by atoms with Crippen molar-refractivity contribution in [3.05, 3.63) is 120 Å². The third kappa shape index (κ3) is 8.94. The number of nitrogens with one attached hydrogen (secondary N) is 1. The van der Waals surface area contributed by atoms with Gasteiger partial charge in [0, 0.05) is 12.1 Å². The molecule has 4 rings (SSSR count). The Morgan fingerprint density at radius 2 is 1.43 bits per heavy atom. The molecule has 1 N–H and O–H groups in total. The monoisotopic (exact) mass is 645 g/mol. The Hall–Kier alpha value is -4.70. The highest BCUT2D eigenvalue weighted by Gasteiger charge is 2.34. The molecular formula is C36H40FN3O5S. The second-order valence-corrected chi connectivity index (χ2v) is 13.9. The van der Waals surface area contributed by atoms with E-state index in [1.807, 2.05) is 45.9 Å². The van der Waals surface area contributed by atoms with Gasteiger partial charge in [-0.2, -0.15) is 0 Å². The number of ether oxygens (including phenoxy) is 1. The molecule has 242 valence electrons. The van der Waals surface area contributed by atoms with E-state index < -0.39 is 39.9 Å². The fraction of sp³-hybridized carbons (Fsp3) is 0.278. The minimum atomic E-state index is -4.24. The molecule has 0 saturated carbocycles. The lowest BCUT2D eigenvalue weighted by Crippen LogP contribution is -2.55. The second-order valence-electron chi connectivity index (χ2n) is 12.0. The summed E-state index contributed by atoms with van der Waals surface area (Å²) in [5, 5.41) is 2.93. The highest BCUT2D eigenvalue weighted by Crippen LogP contribution is 2.29. The number of hydrogen-bond donors (Lipinski definition) is 1. The van der Waals surface area contributed by atoms with Gasteiger partial charge in [0.15, 0.2) is 0 Å². The van der Waals surface area contributed by atoms with E-state index in [1.165, 1.54) is 41.3 Å². The van der Waals surface area contributed by atoms with Gasteiger partial charge >= 0.3 is 0 Å². The van der Waals surface area contributed by atoms with E-state index in [9.17, 15) is 22.4 Å². The molecule has 4 aromatic rings. The Kier molecular flexibility index (Phi) is 10.8. The SMILES string of the molecule is CC[C@H](C(=O)NC(C)(C)C)N(Cc1ccc(F)cc1)C(=O)CN(c1ccc(Oc2ccccc2)cc1)S(=O)(=O)c1ccc(C)cc1. The molecule has 0 fully saturated rings. The Morgan fingerprint density at radius 1 is 0.848 bits per heavy atom. The molecule has 0 aliphatic rings. The maximum absolute atomic E-state index is 14.2. The molecule has 8 nitrogen and oxygen atoms in total. The Labute approximate surface area is 270 Å². The largest absolute Gasteiger partial charge is 0.457 e. The van der Waals surface area contributed by atoms with Crippen molar-refractivity contribution in [2.75, 3.05) is 10.8 Å². The van der Waals surface area contributed by atoms with Crippen LogP contribution in [0.15, 0.2) is 108 Å². The maximum Gasteiger partial charge on any atom is 0.264 e. The lowest BCUT2D eigenvalue weighted by Gasteiger charge is -2.34. The lowest BCUT2D eigenvalue weighted by atomic mass is 10.1. The van der Waals surface area contributed by atoms with Gasteiger partial charge in [0.25, 0.3) is 10.0 Å². The van der Waals surface area contributed by atoms with E-state index in [-0.39, 0.29) is 29.5 Å². The van der Waals surface area contributed by atoms with Crippen molar-refractivity contribution in [2.24, 2.45) is 0 Å². The number of amides is 2. The molecular weight excluding hydrogens is 605 g/mol. The van der Waals surface area contributed by atoms with Gasteiger partial charge in [-0.25, -0.2) is 12.8 Å². The summed E-state index contributed by atoms with van der Waals surface area (Å²) in [6.45, 7) is 8.53. The number of aryl methyl sites for hydroxylation is 1. The minimum absolute atomic E-state index is 0.0121. The predicted octanol–water partition coefficient (Wildman–Crippen LogP) is 6.84. The second kappa shape index (κ2) is 14.6. The molecule has 0 unspecified atom stereocenters. The van der Waals surface area contributed by atoms with Crippen LogP contribution in [0.2, 0.25) is 0 Å². The van der Waals surface area contributed by atoms with Crippen LogP contribution in [0.5, 0.6) is 11.5 Å². The van der Waals surface area contributed by atoms with Crippen LogP contribution in [0, 0.1) is 12.7 Å². The predicted molar refractivity (Wildman–Crippen MR) is 178 cm³/mol. The quantitative estimate of drug-likeness (QED) is 0.182. The van der Waals surface area contributed by atoms with Crippen molar-refractivity contribution in [2.45, 2.75) is 64.1 Å². The zero-order valence-corrected chi connectivity index (χ0v) is 27.6. The van der Waals surface area contributed by atoms with Gasteiger partial charge in [-0.05, 0) is 100 Å². The molecule has 2 amide bonds. The first kappa shape index (κ1) is 34.2. The van der Waals surface area contributed by atoms with Crippen molar-refractivity contribution < 1.29 is 27.1 Å². The average molecular weight is 646 g/mol. The number of hydrogen-bond acceptors (Lipinski definition) is 5. The topological polar surface area (TPSA) is 96.0 Å². The molecule has 0 aliphatic carbocycles. The molecule has 46 heavy (non-hydrogen) atoms. The number of sulfonamides is 1. The molecule has 0 saturated heterocycles. The van der Waals surface area contributed by atoms with Gasteiger partial charge in [-0.15, -0.1) is 0 Å². The summed E-state index contributed by atoms with van der Waals surface area (Å²) in [5.74, 6) is -0.308. The molecule has 0 heterocycles. The summed E-state index contributed by atoms with van der Waals surface area (Å²) in [6.07, 6.45) is 0.269. The summed E-state index contributed by atoms with van der Waals surface area (Å²) < 4.78 is 48.9. The summed E-state index contributed by atoms with van der Waals surface area (Å²) in [4.78, 5) is 29.1. The molecule has 1 atom stereocenters. The Morgan fingerprint density at radius 3 is 2.00 bits per heavy atom. The van der Waals surface area contributed by atoms with Crippen molar-refractivity contribution in [1.29, 1.82) is 0 Å². The fourth-order valence-corrected chi connectivity index (χ4v) is 6.24. The Bertz CT molecular complexity index is 1720.